The summed E-state index contributed by atoms with van der Waals surface area (Å²) < 4.78 is 33.6. The Balaban J connectivity index is 1.70. The molecule has 26 heavy (non-hydrogen) atoms. The third-order valence-electron chi connectivity index (χ3n) is 3.69. The quantitative estimate of drug-likeness (QED) is 0.824. The molecule has 0 aromatic heterocycles. The van der Waals surface area contributed by atoms with Crippen LogP contribution in [0.3, 0.4) is 0 Å². The highest BCUT2D eigenvalue weighted by molar-refractivity contribution is 7.89. The fourth-order valence-electron chi connectivity index (χ4n) is 2.50. The van der Waals surface area contributed by atoms with Crippen molar-refractivity contribution in [2.24, 2.45) is 5.14 Å². The van der Waals surface area contributed by atoms with Crippen LogP contribution in [0, 0.1) is 0 Å². The van der Waals surface area contributed by atoms with Gasteiger partial charge in [-0.15, -0.1) is 0 Å². The zero-order chi connectivity index (χ0) is 18.7. The highest BCUT2D eigenvalue weighted by Crippen LogP contribution is 2.38. The number of anilines is 1. The molecule has 0 unspecified atom stereocenters. The third kappa shape index (κ3) is 4.46. The van der Waals surface area contributed by atoms with Crippen LogP contribution >= 0.6 is 11.6 Å². The first kappa shape index (κ1) is 18.5. The molecule has 3 N–H and O–H groups in total. The number of ether oxygens (including phenoxy) is 2. The number of sulfonamides is 1. The van der Waals surface area contributed by atoms with E-state index in [1.807, 2.05) is 0 Å². The molecule has 0 bridgehead atoms. The number of amides is 1. The van der Waals surface area contributed by atoms with Gasteiger partial charge < -0.3 is 14.8 Å². The van der Waals surface area contributed by atoms with Crippen molar-refractivity contribution in [2.45, 2.75) is 17.7 Å². The summed E-state index contributed by atoms with van der Waals surface area (Å²) in [4.78, 5) is 12.2. The van der Waals surface area contributed by atoms with Crippen LogP contribution in [0.5, 0.6) is 11.5 Å². The Morgan fingerprint density at radius 1 is 1.15 bits per heavy atom. The summed E-state index contributed by atoms with van der Waals surface area (Å²) in [7, 11) is -3.77. The van der Waals surface area contributed by atoms with Crippen molar-refractivity contribution < 1.29 is 22.7 Å². The van der Waals surface area contributed by atoms with Gasteiger partial charge in [-0.1, -0.05) is 11.6 Å². The number of carbonyl (C=O) groups is 1. The van der Waals surface area contributed by atoms with Crippen LogP contribution in [0.1, 0.15) is 12.0 Å². The summed E-state index contributed by atoms with van der Waals surface area (Å²) in [5, 5.41) is 8.13. The molecule has 1 aliphatic rings. The van der Waals surface area contributed by atoms with Gasteiger partial charge in [0.2, 0.25) is 15.9 Å². The van der Waals surface area contributed by atoms with Gasteiger partial charge in [-0.25, -0.2) is 13.6 Å². The SMILES string of the molecule is NS(=O)(=O)c1ccc(NC(=O)Cc2cc(Cl)c3c(c2)OCCCO3)cc1. The van der Waals surface area contributed by atoms with E-state index in [1.165, 1.54) is 24.3 Å². The minimum absolute atomic E-state index is 0.0230. The van der Waals surface area contributed by atoms with Crippen LogP contribution in [0.4, 0.5) is 5.69 Å². The first-order chi connectivity index (χ1) is 12.3. The minimum atomic E-state index is -3.77. The van der Waals surface area contributed by atoms with Crippen LogP contribution in [0.2, 0.25) is 5.02 Å². The van der Waals surface area contributed by atoms with Gasteiger partial charge in [-0.05, 0) is 42.0 Å². The molecule has 3 rings (SSSR count). The maximum absolute atomic E-state index is 12.2. The molecule has 0 saturated carbocycles. The van der Waals surface area contributed by atoms with Crippen molar-refractivity contribution in [1.29, 1.82) is 0 Å². The second-order valence-electron chi connectivity index (χ2n) is 5.75. The Hall–Kier alpha value is -2.29. The average molecular weight is 397 g/mol. The van der Waals surface area contributed by atoms with Crippen molar-refractivity contribution in [3.05, 3.63) is 47.0 Å². The average Bonchev–Trinajstić information content (AvgIpc) is 2.80. The second-order valence-corrected chi connectivity index (χ2v) is 7.72. The molecule has 2 aromatic carbocycles. The fourth-order valence-corrected chi connectivity index (χ4v) is 3.31. The molecule has 1 heterocycles. The van der Waals surface area contributed by atoms with Crippen LogP contribution in [0.25, 0.3) is 0 Å². The van der Waals surface area contributed by atoms with Crippen molar-refractivity contribution in [1.82, 2.24) is 0 Å². The largest absolute Gasteiger partial charge is 0.489 e. The first-order valence-corrected chi connectivity index (χ1v) is 9.76. The lowest BCUT2D eigenvalue weighted by Gasteiger charge is -2.12. The van der Waals surface area contributed by atoms with Crippen LogP contribution in [-0.2, 0) is 21.2 Å². The van der Waals surface area contributed by atoms with E-state index in [0.717, 1.165) is 6.42 Å². The Morgan fingerprint density at radius 2 is 1.85 bits per heavy atom. The molecule has 7 nitrogen and oxygen atoms in total. The van der Waals surface area contributed by atoms with E-state index in [9.17, 15) is 13.2 Å². The zero-order valence-corrected chi connectivity index (χ0v) is 15.3. The van der Waals surface area contributed by atoms with Gasteiger partial charge >= 0.3 is 0 Å². The molecule has 0 aliphatic carbocycles. The van der Waals surface area contributed by atoms with Gasteiger partial charge in [-0.2, -0.15) is 0 Å². The summed E-state index contributed by atoms with van der Waals surface area (Å²) >= 11 is 6.22. The summed E-state index contributed by atoms with van der Waals surface area (Å²) in [6.45, 7) is 1.05. The molecule has 2 aromatic rings. The maximum Gasteiger partial charge on any atom is 0.238 e. The number of hydrogen-bond acceptors (Lipinski definition) is 5. The van der Waals surface area contributed by atoms with Crippen LogP contribution in [0.15, 0.2) is 41.3 Å². The smallest absolute Gasteiger partial charge is 0.238 e. The van der Waals surface area contributed by atoms with Crippen molar-refractivity contribution in [3.8, 4) is 11.5 Å². The van der Waals surface area contributed by atoms with Gasteiger partial charge in [0.1, 0.15) is 0 Å². The number of halogens is 1. The van der Waals surface area contributed by atoms with E-state index >= 15 is 0 Å². The molecule has 0 fully saturated rings. The summed E-state index contributed by atoms with van der Waals surface area (Å²) in [6, 6.07) is 9.00. The number of hydrogen-bond donors (Lipinski definition) is 2. The monoisotopic (exact) mass is 396 g/mol. The Labute approximate surface area is 156 Å². The third-order valence-corrected chi connectivity index (χ3v) is 4.90. The molecule has 1 amide bonds. The second kappa shape index (κ2) is 7.53. The van der Waals surface area contributed by atoms with Gasteiger partial charge in [-0.3, -0.25) is 4.79 Å². The van der Waals surface area contributed by atoms with Gasteiger partial charge in [0, 0.05) is 12.1 Å². The molecule has 0 atom stereocenters. The number of fused-ring (bicyclic) bond motifs is 1. The number of nitrogens with one attached hydrogen (secondary N) is 1. The minimum Gasteiger partial charge on any atom is -0.489 e. The summed E-state index contributed by atoms with van der Waals surface area (Å²) in [5.41, 5.74) is 1.14. The number of rotatable bonds is 4. The number of benzene rings is 2. The first-order valence-electron chi connectivity index (χ1n) is 7.84. The standard InChI is InChI=1S/C17H17ClN2O5S/c18-14-8-11(9-15-17(14)25-7-1-6-24-15)10-16(21)20-12-2-4-13(5-3-12)26(19,22)23/h2-5,8-9H,1,6-7,10H2,(H,20,21)(H2,19,22,23). The Morgan fingerprint density at radius 3 is 2.54 bits per heavy atom. The number of carbonyl (C=O) groups excluding carboxylic acids is 1. The molecule has 0 saturated heterocycles. The summed E-state index contributed by atoms with van der Waals surface area (Å²) in [5.74, 6) is 0.737. The van der Waals surface area contributed by atoms with E-state index in [-0.39, 0.29) is 17.2 Å². The van der Waals surface area contributed by atoms with Crippen LogP contribution in [-0.4, -0.2) is 27.5 Å². The molecule has 1 aliphatic heterocycles. The lowest BCUT2D eigenvalue weighted by Crippen LogP contribution is -2.15. The van der Waals surface area contributed by atoms with Crippen molar-refractivity contribution >= 4 is 33.2 Å². The van der Waals surface area contributed by atoms with E-state index in [2.05, 4.69) is 5.32 Å². The maximum atomic E-state index is 12.2. The van der Waals surface area contributed by atoms with Crippen molar-refractivity contribution in [2.75, 3.05) is 18.5 Å². The van der Waals surface area contributed by atoms with E-state index in [0.29, 0.717) is 41.0 Å². The number of primary sulfonamides is 1. The van der Waals surface area contributed by atoms with Gasteiger partial charge in [0.05, 0.1) is 29.6 Å². The molecule has 9 heteroatoms. The van der Waals surface area contributed by atoms with E-state index in [4.69, 9.17) is 26.2 Å². The predicted octanol–water partition coefficient (Wildman–Crippen LogP) is 2.33. The molecule has 0 radical (unpaired) electrons. The zero-order valence-electron chi connectivity index (χ0n) is 13.7. The van der Waals surface area contributed by atoms with E-state index in [1.54, 1.807) is 12.1 Å². The topological polar surface area (TPSA) is 108 Å². The highest BCUT2D eigenvalue weighted by atomic mass is 35.5. The molecule has 0 spiro atoms. The Bertz CT molecular complexity index is 929. The predicted molar refractivity (Wildman–Crippen MR) is 97.2 cm³/mol. The van der Waals surface area contributed by atoms with E-state index < -0.39 is 10.0 Å². The lowest BCUT2D eigenvalue weighted by atomic mass is 10.1. The molecule has 138 valence electrons. The fraction of sp³-hybridized carbons (Fsp3) is 0.235. The number of nitrogens with two attached hydrogens (primary N) is 1. The van der Waals surface area contributed by atoms with Gasteiger partial charge in [0.15, 0.2) is 11.5 Å². The van der Waals surface area contributed by atoms with Crippen molar-refractivity contribution in [3.63, 3.8) is 0 Å². The van der Waals surface area contributed by atoms with Crippen LogP contribution < -0.4 is 19.9 Å². The summed E-state index contributed by atoms with van der Waals surface area (Å²) in [6.07, 6.45) is 0.836. The molecular weight excluding hydrogens is 380 g/mol. The lowest BCUT2D eigenvalue weighted by molar-refractivity contribution is -0.115. The normalized spacial score (nSPS) is 13.8. The Kier molecular flexibility index (Phi) is 5.36. The highest BCUT2D eigenvalue weighted by Gasteiger charge is 2.17. The molecular formula is C17H17ClN2O5S. The van der Waals surface area contributed by atoms with Gasteiger partial charge in [0.25, 0.3) is 0 Å².